The van der Waals surface area contributed by atoms with Crippen LogP contribution >= 0.6 is 23.2 Å². The Morgan fingerprint density at radius 3 is 2.35 bits per heavy atom. The van der Waals surface area contributed by atoms with Crippen molar-refractivity contribution >= 4 is 40.4 Å². The van der Waals surface area contributed by atoms with E-state index in [1.807, 2.05) is 0 Å². The first-order chi connectivity index (χ1) is 14.8. The number of benzene rings is 3. The molecule has 1 atom stereocenters. The molecule has 3 aromatic rings. The first kappa shape index (κ1) is 23.0. The zero-order valence-electron chi connectivity index (χ0n) is 15.9. The highest BCUT2D eigenvalue weighted by Crippen LogP contribution is 2.30. The van der Waals surface area contributed by atoms with E-state index in [0.29, 0.717) is 0 Å². The molecular formula is C22H17Cl2F2NO4. The van der Waals surface area contributed by atoms with Gasteiger partial charge in [0.05, 0.1) is 16.7 Å². The van der Waals surface area contributed by atoms with Crippen molar-refractivity contribution in [1.29, 1.82) is 0 Å². The lowest BCUT2D eigenvalue weighted by Crippen LogP contribution is -2.21. The molecule has 0 aromatic heterocycles. The number of rotatable bonds is 8. The highest BCUT2D eigenvalue weighted by Gasteiger charge is 2.18. The van der Waals surface area contributed by atoms with Crippen molar-refractivity contribution in [3.8, 4) is 5.75 Å². The van der Waals surface area contributed by atoms with Crippen LogP contribution in [0, 0.1) is 11.6 Å². The summed E-state index contributed by atoms with van der Waals surface area (Å²) in [5.74, 6) is -1.77. The molecule has 0 aliphatic rings. The molecule has 0 radical (unpaired) electrons. The number of carbonyl (C=O) groups excluding carboxylic acids is 1. The van der Waals surface area contributed by atoms with Gasteiger partial charge in [0.15, 0.2) is 5.78 Å². The van der Waals surface area contributed by atoms with Gasteiger partial charge in [-0.1, -0.05) is 29.3 Å². The highest BCUT2D eigenvalue weighted by molar-refractivity contribution is 6.38. The monoisotopic (exact) mass is 467 g/mol. The number of aliphatic hydroxyl groups is 2. The predicted octanol–water partition coefficient (Wildman–Crippen LogP) is 4.98. The lowest BCUT2D eigenvalue weighted by Gasteiger charge is -2.13. The van der Waals surface area contributed by atoms with E-state index in [1.54, 1.807) is 0 Å². The van der Waals surface area contributed by atoms with Gasteiger partial charge < -0.3 is 20.3 Å². The lowest BCUT2D eigenvalue weighted by atomic mass is 10.0. The summed E-state index contributed by atoms with van der Waals surface area (Å²) in [7, 11) is 0. The zero-order chi connectivity index (χ0) is 22.5. The van der Waals surface area contributed by atoms with E-state index in [9.17, 15) is 18.7 Å². The standard InChI is InChI=1S/C22H17Cl2F2NO4/c23-17-7-5-14(31-11-13(29)10-28)9-16(17)22(30)15-6-4-12(8-18(15)24)27-21-19(25)2-1-3-20(21)26/h1-9,13,27-29H,10-11H2. The van der Waals surface area contributed by atoms with E-state index in [1.165, 1.54) is 42.5 Å². The summed E-state index contributed by atoms with van der Waals surface area (Å²) in [5, 5.41) is 21.1. The van der Waals surface area contributed by atoms with Crippen LogP contribution in [0.5, 0.6) is 5.75 Å². The molecule has 0 heterocycles. The van der Waals surface area contributed by atoms with Gasteiger partial charge >= 0.3 is 0 Å². The third kappa shape index (κ3) is 5.51. The fourth-order valence-corrected chi connectivity index (χ4v) is 3.17. The van der Waals surface area contributed by atoms with E-state index in [-0.39, 0.29) is 44.9 Å². The van der Waals surface area contributed by atoms with Crippen LogP contribution in [-0.2, 0) is 0 Å². The maximum Gasteiger partial charge on any atom is 0.196 e. The van der Waals surface area contributed by atoms with E-state index in [2.05, 4.69) is 5.32 Å². The Balaban J connectivity index is 1.84. The van der Waals surface area contributed by atoms with Gasteiger partial charge in [-0.3, -0.25) is 4.79 Å². The van der Waals surface area contributed by atoms with E-state index in [0.717, 1.165) is 12.1 Å². The van der Waals surface area contributed by atoms with E-state index >= 15 is 0 Å². The number of hydrogen-bond donors (Lipinski definition) is 3. The molecule has 0 bridgehead atoms. The summed E-state index contributed by atoms with van der Waals surface area (Å²) in [6.45, 7) is -0.633. The Labute approximate surface area is 186 Å². The van der Waals surface area contributed by atoms with E-state index in [4.69, 9.17) is 33.0 Å². The fraction of sp³-hybridized carbons (Fsp3) is 0.136. The molecule has 0 spiro atoms. The van der Waals surface area contributed by atoms with Gasteiger partial charge in [0, 0.05) is 16.8 Å². The van der Waals surface area contributed by atoms with Gasteiger partial charge in [-0.25, -0.2) is 8.78 Å². The average Bonchev–Trinajstić information content (AvgIpc) is 2.75. The molecule has 0 aliphatic carbocycles. The minimum Gasteiger partial charge on any atom is -0.491 e. The minimum absolute atomic E-state index is 0.0461. The summed E-state index contributed by atoms with van der Waals surface area (Å²) in [5.41, 5.74) is 0.179. The Morgan fingerprint density at radius 1 is 1.00 bits per heavy atom. The van der Waals surface area contributed by atoms with Crippen molar-refractivity contribution in [3.05, 3.63) is 87.4 Å². The molecule has 3 aromatic carbocycles. The third-order valence-electron chi connectivity index (χ3n) is 4.28. The number of aliphatic hydroxyl groups excluding tert-OH is 2. The molecule has 0 saturated heterocycles. The fourth-order valence-electron chi connectivity index (χ4n) is 2.70. The van der Waals surface area contributed by atoms with Crippen molar-refractivity contribution in [2.24, 2.45) is 0 Å². The molecule has 0 aliphatic heterocycles. The summed E-state index contributed by atoms with van der Waals surface area (Å²) < 4.78 is 33.0. The van der Waals surface area contributed by atoms with Gasteiger partial charge in [0.25, 0.3) is 0 Å². The van der Waals surface area contributed by atoms with Crippen molar-refractivity contribution < 1.29 is 28.5 Å². The van der Waals surface area contributed by atoms with Crippen molar-refractivity contribution in [3.63, 3.8) is 0 Å². The van der Waals surface area contributed by atoms with Crippen LogP contribution in [-0.4, -0.2) is 35.3 Å². The second-order valence-electron chi connectivity index (χ2n) is 6.53. The number of halogens is 4. The van der Waals surface area contributed by atoms with Crippen LogP contribution in [0.3, 0.4) is 0 Å². The summed E-state index contributed by atoms with van der Waals surface area (Å²) in [6, 6.07) is 12.1. The van der Waals surface area contributed by atoms with Crippen molar-refractivity contribution in [1.82, 2.24) is 0 Å². The quantitative estimate of drug-likeness (QED) is 0.407. The molecular weight excluding hydrogens is 451 g/mol. The van der Waals surface area contributed by atoms with Crippen molar-refractivity contribution in [2.45, 2.75) is 6.10 Å². The second kappa shape index (κ2) is 10.1. The Kier molecular flexibility index (Phi) is 7.46. The maximum absolute atomic E-state index is 13.8. The van der Waals surface area contributed by atoms with Crippen LogP contribution < -0.4 is 10.1 Å². The number of ketones is 1. The number of hydrogen-bond acceptors (Lipinski definition) is 5. The Bertz CT molecular complexity index is 1090. The number of anilines is 2. The minimum atomic E-state index is -1.07. The molecule has 5 nitrogen and oxygen atoms in total. The largest absolute Gasteiger partial charge is 0.491 e. The summed E-state index contributed by atoms with van der Waals surface area (Å²) >= 11 is 12.4. The first-order valence-corrected chi connectivity index (χ1v) is 9.82. The number of carbonyl (C=O) groups is 1. The van der Waals surface area contributed by atoms with Crippen LogP contribution in [0.2, 0.25) is 10.0 Å². The summed E-state index contributed by atoms with van der Waals surface area (Å²) in [6.07, 6.45) is -1.07. The molecule has 0 amide bonds. The zero-order valence-corrected chi connectivity index (χ0v) is 17.4. The molecule has 3 N–H and O–H groups in total. The molecule has 1 unspecified atom stereocenters. The van der Waals surface area contributed by atoms with Gasteiger partial charge in [-0.05, 0) is 48.5 Å². The lowest BCUT2D eigenvalue weighted by molar-refractivity contribution is 0.0536. The van der Waals surface area contributed by atoms with Crippen LogP contribution in [0.4, 0.5) is 20.2 Å². The number of ether oxygens (including phenoxy) is 1. The molecule has 31 heavy (non-hydrogen) atoms. The van der Waals surface area contributed by atoms with Crippen molar-refractivity contribution in [2.75, 3.05) is 18.5 Å². The second-order valence-corrected chi connectivity index (χ2v) is 7.35. The normalized spacial score (nSPS) is 11.8. The summed E-state index contributed by atoms with van der Waals surface area (Å²) in [4.78, 5) is 13.0. The number of nitrogens with one attached hydrogen (secondary N) is 1. The van der Waals surface area contributed by atoms with Crippen LogP contribution in [0.15, 0.2) is 54.6 Å². The highest BCUT2D eigenvalue weighted by atomic mass is 35.5. The van der Waals surface area contributed by atoms with Gasteiger partial charge in [0.1, 0.15) is 35.8 Å². The molecule has 162 valence electrons. The van der Waals surface area contributed by atoms with Crippen LogP contribution in [0.1, 0.15) is 15.9 Å². The average molecular weight is 468 g/mol. The van der Waals surface area contributed by atoms with Gasteiger partial charge in [-0.2, -0.15) is 0 Å². The predicted molar refractivity (Wildman–Crippen MR) is 115 cm³/mol. The SMILES string of the molecule is O=C(c1ccc(Nc2c(F)cccc2F)cc1Cl)c1cc(OCC(O)CO)ccc1Cl. The molecule has 9 heteroatoms. The molecule has 3 rings (SSSR count). The maximum atomic E-state index is 13.8. The molecule has 0 fully saturated rings. The number of para-hydroxylation sites is 1. The van der Waals surface area contributed by atoms with Crippen LogP contribution in [0.25, 0.3) is 0 Å². The van der Waals surface area contributed by atoms with E-state index < -0.39 is 30.1 Å². The first-order valence-electron chi connectivity index (χ1n) is 9.06. The Morgan fingerprint density at radius 2 is 1.71 bits per heavy atom. The topological polar surface area (TPSA) is 78.8 Å². The van der Waals surface area contributed by atoms with Gasteiger partial charge in [0.2, 0.25) is 0 Å². The van der Waals surface area contributed by atoms with Gasteiger partial charge in [-0.15, -0.1) is 0 Å². The molecule has 0 saturated carbocycles. The smallest absolute Gasteiger partial charge is 0.196 e. The Hall–Kier alpha value is -2.71. The third-order valence-corrected chi connectivity index (χ3v) is 4.92.